The number of imidazole rings is 1. The number of carbonyl (C=O) groups is 1. The van der Waals surface area contributed by atoms with Gasteiger partial charge in [0, 0.05) is 13.0 Å². The normalized spacial score (nSPS) is 15.4. The molecule has 1 aliphatic rings. The first-order valence-electron chi connectivity index (χ1n) is 4.35. The third-order valence-electron chi connectivity index (χ3n) is 2.35. The van der Waals surface area contributed by atoms with Crippen LogP contribution in [0.5, 0.6) is 0 Å². The molecule has 0 atom stereocenters. The van der Waals surface area contributed by atoms with Crippen LogP contribution in [-0.2, 0) is 13.0 Å². The minimum atomic E-state index is -0.542. The zero-order valence-electron chi connectivity index (χ0n) is 7.29. The molecule has 1 amide bonds. The van der Waals surface area contributed by atoms with Crippen molar-refractivity contribution < 1.29 is 4.79 Å². The van der Waals surface area contributed by atoms with Gasteiger partial charge in [-0.15, -0.1) is 0 Å². The highest BCUT2D eigenvalue weighted by Gasteiger charge is 2.20. The van der Waals surface area contributed by atoms with Gasteiger partial charge in [-0.05, 0) is 12.8 Å². The molecule has 13 heavy (non-hydrogen) atoms. The van der Waals surface area contributed by atoms with Crippen molar-refractivity contribution >= 4 is 11.7 Å². The monoisotopic (exact) mass is 180 g/mol. The SMILES string of the molecule is NC(=O)c1nc2n(c1N)CCCC2. The Balaban J connectivity index is 2.50. The number of carbonyl (C=O) groups excluding carboxylic acids is 1. The van der Waals surface area contributed by atoms with Crippen molar-refractivity contribution in [3.63, 3.8) is 0 Å². The molecule has 0 spiro atoms. The van der Waals surface area contributed by atoms with Crippen molar-refractivity contribution in [3.8, 4) is 0 Å². The number of hydrogen-bond acceptors (Lipinski definition) is 3. The molecule has 4 N–H and O–H groups in total. The van der Waals surface area contributed by atoms with E-state index in [9.17, 15) is 4.79 Å². The van der Waals surface area contributed by atoms with Crippen molar-refractivity contribution in [2.75, 3.05) is 5.73 Å². The van der Waals surface area contributed by atoms with Gasteiger partial charge < -0.3 is 16.0 Å². The lowest BCUT2D eigenvalue weighted by molar-refractivity contribution is 0.0997. The molecular weight excluding hydrogens is 168 g/mol. The number of nitrogens with zero attached hydrogens (tertiary/aromatic N) is 2. The Morgan fingerprint density at radius 1 is 1.46 bits per heavy atom. The van der Waals surface area contributed by atoms with E-state index in [-0.39, 0.29) is 5.69 Å². The second-order valence-corrected chi connectivity index (χ2v) is 3.23. The molecule has 1 aliphatic heterocycles. The maximum absolute atomic E-state index is 10.9. The number of nitrogen functional groups attached to an aromatic ring is 1. The van der Waals surface area contributed by atoms with Gasteiger partial charge in [0.25, 0.3) is 5.91 Å². The summed E-state index contributed by atoms with van der Waals surface area (Å²) in [6.07, 6.45) is 3.08. The minimum Gasteiger partial charge on any atom is -0.383 e. The van der Waals surface area contributed by atoms with Crippen LogP contribution >= 0.6 is 0 Å². The van der Waals surface area contributed by atoms with Gasteiger partial charge in [0.05, 0.1) is 0 Å². The van der Waals surface area contributed by atoms with Gasteiger partial charge >= 0.3 is 0 Å². The van der Waals surface area contributed by atoms with Gasteiger partial charge in [-0.1, -0.05) is 0 Å². The molecule has 1 aromatic heterocycles. The number of amides is 1. The fourth-order valence-electron chi connectivity index (χ4n) is 1.69. The van der Waals surface area contributed by atoms with Crippen molar-refractivity contribution in [2.45, 2.75) is 25.8 Å². The quantitative estimate of drug-likeness (QED) is 0.632. The van der Waals surface area contributed by atoms with Crippen LogP contribution in [0.4, 0.5) is 5.82 Å². The van der Waals surface area contributed by atoms with E-state index < -0.39 is 5.91 Å². The molecule has 0 fully saturated rings. The minimum absolute atomic E-state index is 0.219. The highest BCUT2D eigenvalue weighted by molar-refractivity contribution is 5.95. The fourth-order valence-corrected chi connectivity index (χ4v) is 1.69. The molecule has 1 aromatic rings. The number of fused-ring (bicyclic) bond motifs is 1. The predicted molar refractivity (Wildman–Crippen MR) is 48.1 cm³/mol. The van der Waals surface area contributed by atoms with Crippen LogP contribution in [0, 0.1) is 0 Å². The maximum atomic E-state index is 10.9. The summed E-state index contributed by atoms with van der Waals surface area (Å²) < 4.78 is 1.88. The lowest BCUT2D eigenvalue weighted by atomic mass is 10.2. The molecule has 0 aliphatic carbocycles. The first-order chi connectivity index (χ1) is 6.20. The van der Waals surface area contributed by atoms with Gasteiger partial charge in [0.2, 0.25) is 0 Å². The zero-order chi connectivity index (χ0) is 9.42. The summed E-state index contributed by atoms with van der Waals surface area (Å²) in [5, 5.41) is 0. The van der Waals surface area contributed by atoms with E-state index in [1.807, 2.05) is 4.57 Å². The van der Waals surface area contributed by atoms with Crippen LogP contribution in [0.1, 0.15) is 29.2 Å². The summed E-state index contributed by atoms with van der Waals surface area (Å²) in [7, 11) is 0. The van der Waals surface area contributed by atoms with Crippen molar-refractivity contribution in [1.82, 2.24) is 9.55 Å². The van der Waals surface area contributed by atoms with Crippen LogP contribution in [0.2, 0.25) is 0 Å². The van der Waals surface area contributed by atoms with Crippen molar-refractivity contribution in [3.05, 3.63) is 11.5 Å². The smallest absolute Gasteiger partial charge is 0.271 e. The van der Waals surface area contributed by atoms with E-state index in [0.717, 1.165) is 31.6 Å². The van der Waals surface area contributed by atoms with Crippen molar-refractivity contribution in [2.24, 2.45) is 5.73 Å². The van der Waals surface area contributed by atoms with E-state index in [1.165, 1.54) is 0 Å². The highest BCUT2D eigenvalue weighted by atomic mass is 16.1. The summed E-state index contributed by atoms with van der Waals surface area (Å²) in [4.78, 5) is 15.0. The summed E-state index contributed by atoms with van der Waals surface area (Å²) in [5.74, 6) is 0.763. The van der Waals surface area contributed by atoms with E-state index in [0.29, 0.717) is 5.82 Å². The van der Waals surface area contributed by atoms with Crippen LogP contribution in [0.3, 0.4) is 0 Å². The molecule has 0 bridgehead atoms. The lowest BCUT2D eigenvalue weighted by Gasteiger charge is -2.13. The molecule has 5 heteroatoms. The van der Waals surface area contributed by atoms with Crippen LogP contribution in [-0.4, -0.2) is 15.5 Å². The Hall–Kier alpha value is -1.52. The van der Waals surface area contributed by atoms with Crippen LogP contribution in [0.15, 0.2) is 0 Å². The van der Waals surface area contributed by atoms with Crippen LogP contribution < -0.4 is 11.5 Å². The Morgan fingerprint density at radius 3 is 2.85 bits per heavy atom. The third kappa shape index (κ3) is 1.16. The van der Waals surface area contributed by atoms with E-state index in [2.05, 4.69) is 4.98 Å². The standard InChI is InChI=1S/C8H12N4O/c9-7-6(8(10)13)11-5-3-1-2-4-12(5)7/h1-4,9H2,(H2,10,13). The van der Waals surface area contributed by atoms with Crippen LogP contribution in [0.25, 0.3) is 0 Å². The topological polar surface area (TPSA) is 86.9 Å². The number of aromatic nitrogens is 2. The second kappa shape index (κ2) is 2.76. The van der Waals surface area contributed by atoms with Gasteiger partial charge in [-0.2, -0.15) is 0 Å². The summed E-state index contributed by atoms with van der Waals surface area (Å²) >= 11 is 0. The Morgan fingerprint density at radius 2 is 2.23 bits per heavy atom. The third-order valence-corrected chi connectivity index (χ3v) is 2.35. The van der Waals surface area contributed by atoms with E-state index in [4.69, 9.17) is 11.5 Å². The number of primary amides is 1. The second-order valence-electron chi connectivity index (χ2n) is 3.23. The number of nitrogens with two attached hydrogens (primary N) is 2. The largest absolute Gasteiger partial charge is 0.383 e. The molecule has 70 valence electrons. The molecule has 2 heterocycles. The first kappa shape index (κ1) is 8.10. The first-order valence-corrected chi connectivity index (χ1v) is 4.35. The molecule has 0 radical (unpaired) electrons. The maximum Gasteiger partial charge on any atom is 0.271 e. The Bertz CT molecular complexity index is 355. The molecule has 5 nitrogen and oxygen atoms in total. The predicted octanol–water partition coefficient (Wildman–Crippen LogP) is -0.0995. The van der Waals surface area contributed by atoms with E-state index >= 15 is 0 Å². The molecule has 0 saturated carbocycles. The Kier molecular flexibility index (Phi) is 1.72. The highest BCUT2D eigenvalue weighted by Crippen LogP contribution is 2.20. The average molecular weight is 180 g/mol. The number of hydrogen-bond donors (Lipinski definition) is 2. The summed E-state index contributed by atoms with van der Waals surface area (Å²) in [6.45, 7) is 0.849. The molecule has 0 saturated heterocycles. The Labute approximate surface area is 75.7 Å². The zero-order valence-corrected chi connectivity index (χ0v) is 7.29. The fraction of sp³-hybridized carbons (Fsp3) is 0.500. The molecule has 2 rings (SSSR count). The number of rotatable bonds is 1. The van der Waals surface area contributed by atoms with Gasteiger partial charge in [-0.3, -0.25) is 4.79 Å². The van der Waals surface area contributed by atoms with Crippen molar-refractivity contribution in [1.29, 1.82) is 0 Å². The molecule has 0 unspecified atom stereocenters. The van der Waals surface area contributed by atoms with E-state index in [1.54, 1.807) is 0 Å². The lowest BCUT2D eigenvalue weighted by Crippen LogP contribution is -2.15. The molecular formula is C8H12N4O. The van der Waals surface area contributed by atoms with Gasteiger partial charge in [0.15, 0.2) is 5.69 Å². The molecule has 0 aromatic carbocycles. The summed E-state index contributed by atoms with van der Waals surface area (Å²) in [5.41, 5.74) is 11.1. The van der Waals surface area contributed by atoms with Gasteiger partial charge in [-0.25, -0.2) is 4.98 Å². The number of aryl methyl sites for hydroxylation is 1. The number of anilines is 1. The summed E-state index contributed by atoms with van der Waals surface area (Å²) in [6, 6.07) is 0. The van der Waals surface area contributed by atoms with Gasteiger partial charge in [0.1, 0.15) is 11.6 Å². The average Bonchev–Trinajstić information content (AvgIpc) is 2.45.